The summed E-state index contributed by atoms with van der Waals surface area (Å²) in [5.41, 5.74) is 1.03. The molecule has 2 aliphatic carbocycles. The van der Waals surface area contributed by atoms with E-state index in [9.17, 15) is 4.79 Å². The Morgan fingerprint density at radius 2 is 2.24 bits per heavy atom. The zero-order chi connectivity index (χ0) is 14.3. The average Bonchev–Trinajstić information content (AvgIpc) is 3.36. The molecule has 0 atom stereocenters. The van der Waals surface area contributed by atoms with Gasteiger partial charge in [-0.3, -0.25) is 4.79 Å². The lowest BCUT2D eigenvalue weighted by molar-refractivity contribution is 0.0933. The van der Waals surface area contributed by atoms with Crippen molar-refractivity contribution in [1.82, 2.24) is 19.4 Å². The van der Waals surface area contributed by atoms with Crippen LogP contribution in [-0.4, -0.2) is 26.6 Å². The quantitative estimate of drug-likeness (QED) is 0.884. The Labute approximate surface area is 124 Å². The van der Waals surface area contributed by atoms with Gasteiger partial charge in [-0.1, -0.05) is 0 Å². The average molecular weight is 284 g/mol. The molecule has 0 radical (unpaired) electrons. The number of hydrogen-bond donors (Lipinski definition) is 1. The number of nitrogens with one attached hydrogen (secondary N) is 1. The van der Waals surface area contributed by atoms with Crippen LogP contribution in [-0.2, 0) is 6.54 Å². The lowest BCUT2D eigenvalue weighted by Crippen LogP contribution is -2.33. The molecule has 2 aliphatic rings. The molecule has 0 spiro atoms. The Hall–Kier alpha value is -2.04. The summed E-state index contributed by atoms with van der Waals surface area (Å²) in [4.78, 5) is 16.5. The van der Waals surface area contributed by atoms with Crippen molar-refractivity contribution in [2.45, 2.75) is 38.3 Å². The molecule has 0 bridgehead atoms. The number of amides is 1. The Morgan fingerprint density at radius 1 is 1.38 bits per heavy atom. The number of carbonyl (C=O) groups excluding carboxylic acids is 1. The Bertz CT molecular complexity index is 635. The molecule has 2 heterocycles. The monoisotopic (exact) mass is 284 g/mol. The van der Waals surface area contributed by atoms with Crippen LogP contribution in [0, 0.1) is 5.41 Å². The van der Waals surface area contributed by atoms with Crippen molar-refractivity contribution in [2.24, 2.45) is 5.41 Å². The minimum atomic E-state index is 0.0591. The smallest absolute Gasteiger partial charge is 0.267 e. The second-order valence-electron chi connectivity index (χ2n) is 6.45. The van der Waals surface area contributed by atoms with Crippen LogP contribution < -0.4 is 5.32 Å². The fraction of sp³-hybridized carbons (Fsp3) is 0.500. The van der Waals surface area contributed by atoms with E-state index in [2.05, 4.69) is 19.4 Å². The summed E-state index contributed by atoms with van der Waals surface area (Å²) in [6.07, 6.45) is 12.4. The summed E-state index contributed by atoms with van der Waals surface area (Å²) in [5, 5.41) is 3.13. The van der Waals surface area contributed by atoms with Crippen LogP contribution in [0.25, 0.3) is 0 Å². The molecule has 110 valence electrons. The predicted octanol–water partition coefficient (Wildman–Crippen LogP) is 2.23. The molecule has 5 nitrogen and oxygen atoms in total. The van der Waals surface area contributed by atoms with E-state index in [1.807, 2.05) is 30.9 Å². The molecule has 5 heteroatoms. The number of imidazole rings is 1. The van der Waals surface area contributed by atoms with E-state index < -0.39 is 0 Å². The summed E-state index contributed by atoms with van der Waals surface area (Å²) in [6.45, 7) is 1.69. The maximum atomic E-state index is 12.4. The fourth-order valence-corrected chi connectivity index (χ4v) is 2.95. The highest BCUT2D eigenvalue weighted by molar-refractivity contribution is 5.92. The van der Waals surface area contributed by atoms with Gasteiger partial charge in [-0.2, -0.15) is 0 Å². The van der Waals surface area contributed by atoms with Crippen LogP contribution in [0.4, 0.5) is 0 Å². The summed E-state index contributed by atoms with van der Waals surface area (Å²) >= 11 is 0. The van der Waals surface area contributed by atoms with Gasteiger partial charge in [0.25, 0.3) is 5.91 Å². The summed E-state index contributed by atoms with van der Waals surface area (Å²) < 4.78 is 4.22. The molecule has 2 saturated carbocycles. The maximum Gasteiger partial charge on any atom is 0.267 e. The van der Waals surface area contributed by atoms with Gasteiger partial charge in [0.05, 0.1) is 6.33 Å². The molecule has 4 rings (SSSR count). The highest BCUT2D eigenvalue weighted by Crippen LogP contribution is 2.46. The molecule has 2 aromatic heterocycles. The predicted molar refractivity (Wildman–Crippen MR) is 78.9 cm³/mol. The van der Waals surface area contributed by atoms with Crippen LogP contribution in [0.2, 0.25) is 0 Å². The fourth-order valence-electron chi connectivity index (χ4n) is 2.95. The van der Waals surface area contributed by atoms with Crippen LogP contribution in [0.1, 0.15) is 42.2 Å². The molecule has 1 amide bonds. The van der Waals surface area contributed by atoms with E-state index in [1.54, 1.807) is 6.20 Å². The molecular weight excluding hydrogens is 264 g/mol. The Morgan fingerprint density at radius 3 is 2.90 bits per heavy atom. The van der Waals surface area contributed by atoms with Crippen LogP contribution >= 0.6 is 0 Å². The molecule has 0 saturated heterocycles. The Balaban J connectivity index is 1.38. The van der Waals surface area contributed by atoms with Gasteiger partial charge in [0.15, 0.2) is 0 Å². The van der Waals surface area contributed by atoms with Gasteiger partial charge >= 0.3 is 0 Å². The van der Waals surface area contributed by atoms with E-state index in [4.69, 9.17) is 0 Å². The van der Waals surface area contributed by atoms with Crippen molar-refractivity contribution in [3.8, 4) is 0 Å². The molecule has 1 N–H and O–H groups in total. The van der Waals surface area contributed by atoms with E-state index in [0.717, 1.165) is 18.8 Å². The van der Waals surface area contributed by atoms with E-state index in [-0.39, 0.29) is 11.3 Å². The highest BCUT2D eigenvalue weighted by Gasteiger charge is 2.43. The summed E-state index contributed by atoms with van der Waals surface area (Å²) in [6, 6.07) is 4.43. The van der Waals surface area contributed by atoms with Crippen molar-refractivity contribution >= 4 is 5.91 Å². The first kappa shape index (κ1) is 12.7. The number of aromatic nitrogens is 3. The van der Waals surface area contributed by atoms with Gasteiger partial charge in [-0.25, -0.2) is 4.98 Å². The molecule has 0 unspecified atom stereocenters. The maximum absolute atomic E-state index is 12.4. The topological polar surface area (TPSA) is 51.9 Å². The second kappa shape index (κ2) is 4.76. The first-order chi connectivity index (χ1) is 10.3. The zero-order valence-corrected chi connectivity index (χ0v) is 12.0. The molecular formula is C16H20N4O. The second-order valence-corrected chi connectivity index (χ2v) is 6.45. The number of rotatable bonds is 6. The molecule has 0 aromatic carbocycles. The minimum absolute atomic E-state index is 0.0591. The summed E-state index contributed by atoms with van der Waals surface area (Å²) in [5.74, 6) is 0.0591. The van der Waals surface area contributed by atoms with Crippen molar-refractivity contribution in [3.05, 3.63) is 42.7 Å². The third-order valence-corrected chi connectivity index (χ3v) is 4.61. The van der Waals surface area contributed by atoms with Crippen molar-refractivity contribution in [3.63, 3.8) is 0 Å². The lowest BCUT2D eigenvalue weighted by atomic mass is 10.1. The number of carbonyl (C=O) groups is 1. The standard InChI is InChI=1S/C16H20N4O/c21-15(14-2-1-8-20(14)13-3-4-13)18-10-16(5-6-16)11-19-9-7-17-12-19/h1-2,7-9,12-13H,3-6,10-11H2,(H,18,21). The molecule has 21 heavy (non-hydrogen) atoms. The number of nitrogens with zero attached hydrogens (tertiary/aromatic N) is 3. The van der Waals surface area contributed by atoms with Gasteiger partial charge in [0.1, 0.15) is 5.69 Å². The van der Waals surface area contributed by atoms with Crippen molar-refractivity contribution in [2.75, 3.05) is 6.54 Å². The van der Waals surface area contributed by atoms with Crippen LogP contribution in [0.15, 0.2) is 37.1 Å². The number of hydrogen-bond acceptors (Lipinski definition) is 2. The van der Waals surface area contributed by atoms with Gasteiger partial charge in [-0.15, -0.1) is 0 Å². The van der Waals surface area contributed by atoms with Crippen LogP contribution in [0.5, 0.6) is 0 Å². The van der Waals surface area contributed by atoms with E-state index in [1.165, 1.54) is 25.7 Å². The first-order valence-electron chi connectivity index (χ1n) is 7.67. The third-order valence-electron chi connectivity index (χ3n) is 4.61. The lowest BCUT2D eigenvalue weighted by Gasteiger charge is -2.17. The van der Waals surface area contributed by atoms with Crippen molar-refractivity contribution < 1.29 is 4.79 Å². The Kier molecular flexibility index (Phi) is 2.87. The normalized spacial score (nSPS) is 19.4. The first-order valence-corrected chi connectivity index (χ1v) is 7.67. The van der Waals surface area contributed by atoms with Gasteiger partial charge in [-0.05, 0) is 37.8 Å². The summed E-state index contributed by atoms with van der Waals surface area (Å²) in [7, 11) is 0. The minimum Gasteiger partial charge on any atom is -0.350 e. The third kappa shape index (κ3) is 2.60. The largest absolute Gasteiger partial charge is 0.350 e. The zero-order valence-electron chi connectivity index (χ0n) is 12.0. The van der Waals surface area contributed by atoms with Crippen LogP contribution in [0.3, 0.4) is 0 Å². The molecule has 0 aliphatic heterocycles. The molecule has 2 aromatic rings. The van der Waals surface area contributed by atoms with Gasteiger partial charge in [0, 0.05) is 43.1 Å². The molecule has 2 fully saturated rings. The highest BCUT2D eigenvalue weighted by atomic mass is 16.1. The van der Waals surface area contributed by atoms with E-state index >= 15 is 0 Å². The van der Waals surface area contributed by atoms with Gasteiger partial charge in [0.2, 0.25) is 0 Å². The SMILES string of the molecule is O=C(NCC1(Cn2ccnc2)CC1)c1cccn1C1CC1. The van der Waals surface area contributed by atoms with Crippen molar-refractivity contribution in [1.29, 1.82) is 0 Å². The van der Waals surface area contributed by atoms with E-state index in [0.29, 0.717) is 6.04 Å². The van der Waals surface area contributed by atoms with Gasteiger partial charge < -0.3 is 14.5 Å².